The number of aldehydes is 1. The Labute approximate surface area is 112 Å². The Kier molecular flexibility index (Phi) is 3.76. The highest BCUT2D eigenvalue weighted by atomic mass is 16.1. The highest BCUT2D eigenvalue weighted by Gasteiger charge is 2.13. The van der Waals surface area contributed by atoms with E-state index in [4.69, 9.17) is 5.26 Å². The number of nitrogens with zero attached hydrogens (tertiary/aromatic N) is 3. The molecule has 96 valence electrons. The number of hydrogen-bond acceptors (Lipinski definition) is 3. The zero-order chi connectivity index (χ0) is 13.8. The molecule has 0 spiro atoms. The lowest BCUT2D eigenvalue weighted by Gasteiger charge is -2.07. The van der Waals surface area contributed by atoms with Crippen LogP contribution in [0, 0.1) is 11.3 Å². The summed E-state index contributed by atoms with van der Waals surface area (Å²) < 4.78 is 1.82. The van der Waals surface area contributed by atoms with Crippen LogP contribution in [0.1, 0.15) is 42.2 Å². The van der Waals surface area contributed by atoms with Gasteiger partial charge in [-0.05, 0) is 25.5 Å². The van der Waals surface area contributed by atoms with E-state index in [0.29, 0.717) is 16.8 Å². The van der Waals surface area contributed by atoms with Crippen molar-refractivity contribution in [3.63, 3.8) is 0 Å². The second-order valence-corrected chi connectivity index (χ2v) is 4.48. The van der Waals surface area contributed by atoms with Crippen LogP contribution >= 0.6 is 0 Å². The Hall–Kier alpha value is -2.41. The second-order valence-electron chi connectivity index (χ2n) is 4.48. The number of nitriles is 1. The standard InChI is InChI=1S/C15H15N3O/c1-3-11(2)18-9-14(10-19)15(17-18)13-6-4-12(8-16)5-7-13/h4-7,9-11H,3H2,1-2H3. The van der Waals surface area contributed by atoms with Crippen molar-refractivity contribution in [2.24, 2.45) is 0 Å². The molecular weight excluding hydrogens is 238 g/mol. The van der Waals surface area contributed by atoms with Crippen LogP contribution in [-0.2, 0) is 0 Å². The predicted molar refractivity (Wildman–Crippen MR) is 72.8 cm³/mol. The number of carbonyl (C=O) groups is 1. The first-order chi connectivity index (χ1) is 9.19. The SMILES string of the molecule is CCC(C)n1cc(C=O)c(-c2ccc(C#N)cc2)n1. The average molecular weight is 253 g/mol. The fraction of sp³-hybridized carbons (Fsp3) is 0.267. The number of aromatic nitrogens is 2. The molecule has 1 atom stereocenters. The van der Waals surface area contributed by atoms with Crippen molar-refractivity contribution in [3.05, 3.63) is 41.6 Å². The number of hydrogen-bond donors (Lipinski definition) is 0. The minimum atomic E-state index is 0.255. The fourth-order valence-electron chi connectivity index (χ4n) is 1.83. The smallest absolute Gasteiger partial charge is 0.153 e. The van der Waals surface area contributed by atoms with Crippen LogP contribution in [0.15, 0.2) is 30.5 Å². The second kappa shape index (κ2) is 5.49. The van der Waals surface area contributed by atoms with E-state index in [2.05, 4.69) is 25.0 Å². The third-order valence-electron chi connectivity index (χ3n) is 3.22. The van der Waals surface area contributed by atoms with E-state index in [9.17, 15) is 4.79 Å². The summed E-state index contributed by atoms with van der Waals surface area (Å²) in [5, 5.41) is 13.3. The molecule has 0 aliphatic heterocycles. The molecule has 4 nitrogen and oxygen atoms in total. The van der Waals surface area contributed by atoms with Gasteiger partial charge in [0.05, 0.1) is 17.2 Å². The van der Waals surface area contributed by atoms with Crippen LogP contribution in [0.2, 0.25) is 0 Å². The first kappa shape index (κ1) is 13.0. The lowest BCUT2D eigenvalue weighted by Crippen LogP contribution is -2.04. The maximum atomic E-state index is 11.1. The lowest BCUT2D eigenvalue weighted by molar-refractivity contribution is 0.112. The van der Waals surface area contributed by atoms with Gasteiger partial charge in [-0.3, -0.25) is 9.48 Å². The van der Waals surface area contributed by atoms with Crippen molar-refractivity contribution in [2.45, 2.75) is 26.3 Å². The molecule has 1 aromatic heterocycles. The van der Waals surface area contributed by atoms with Gasteiger partial charge in [-0.1, -0.05) is 19.1 Å². The molecule has 0 bridgehead atoms. The van der Waals surface area contributed by atoms with Gasteiger partial charge in [0, 0.05) is 17.8 Å². The van der Waals surface area contributed by atoms with Crippen LogP contribution in [0.4, 0.5) is 0 Å². The van der Waals surface area contributed by atoms with E-state index in [1.165, 1.54) is 0 Å². The van der Waals surface area contributed by atoms with E-state index < -0.39 is 0 Å². The Bertz CT molecular complexity index is 620. The van der Waals surface area contributed by atoms with Crippen molar-refractivity contribution in [2.75, 3.05) is 0 Å². The molecule has 1 heterocycles. The lowest BCUT2D eigenvalue weighted by atomic mass is 10.1. The van der Waals surface area contributed by atoms with E-state index in [0.717, 1.165) is 18.3 Å². The summed E-state index contributed by atoms with van der Waals surface area (Å²) in [7, 11) is 0. The van der Waals surface area contributed by atoms with E-state index in [1.54, 1.807) is 18.3 Å². The summed E-state index contributed by atoms with van der Waals surface area (Å²) in [6.07, 6.45) is 3.54. The molecule has 19 heavy (non-hydrogen) atoms. The van der Waals surface area contributed by atoms with E-state index >= 15 is 0 Å². The molecule has 1 aromatic carbocycles. The predicted octanol–water partition coefficient (Wildman–Crippen LogP) is 3.21. The van der Waals surface area contributed by atoms with Gasteiger partial charge in [-0.2, -0.15) is 10.4 Å². The average Bonchev–Trinajstić information content (AvgIpc) is 2.90. The molecule has 1 unspecified atom stereocenters. The quantitative estimate of drug-likeness (QED) is 0.786. The summed E-state index contributed by atoms with van der Waals surface area (Å²) in [5.74, 6) is 0. The summed E-state index contributed by atoms with van der Waals surface area (Å²) in [6, 6.07) is 9.41. The van der Waals surface area contributed by atoms with Crippen LogP contribution < -0.4 is 0 Å². The zero-order valence-corrected chi connectivity index (χ0v) is 11.0. The summed E-state index contributed by atoms with van der Waals surface area (Å²) in [5.41, 5.74) is 2.69. The number of rotatable bonds is 4. The topological polar surface area (TPSA) is 58.7 Å². The summed E-state index contributed by atoms with van der Waals surface area (Å²) >= 11 is 0. The zero-order valence-electron chi connectivity index (χ0n) is 11.0. The Balaban J connectivity index is 2.45. The highest BCUT2D eigenvalue weighted by molar-refractivity contribution is 5.85. The molecule has 2 aromatic rings. The third kappa shape index (κ3) is 2.55. The van der Waals surface area contributed by atoms with Gasteiger partial charge in [0.2, 0.25) is 0 Å². The van der Waals surface area contributed by atoms with Gasteiger partial charge in [-0.25, -0.2) is 0 Å². The molecule has 0 aliphatic carbocycles. The van der Waals surface area contributed by atoms with Crippen molar-refractivity contribution in [1.82, 2.24) is 9.78 Å². The van der Waals surface area contributed by atoms with Crippen molar-refractivity contribution in [1.29, 1.82) is 5.26 Å². The van der Waals surface area contributed by atoms with Crippen LogP contribution in [0.3, 0.4) is 0 Å². The summed E-state index contributed by atoms with van der Waals surface area (Å²) in [6.45, 7) is 4.14. The normalized spacial score (nSPS) is 11.8. The minimum Gasteiger partial charge on any atom is -0.298 e. The fourth-order valence-corrected chi connectivity index (χ4v) is 1.83. The van der Waals surface area contributed by atoms with Crippen molar-refractivity contribution in [3.8, 4) is 17.3 Å². The number of carbonyl (C=O) groups excluding carboxylic acids is 1. The molecule has 0 aliphatic rings. The van der Waals surface area contributed by atoms with Gasteiger partial charge in [-0.15, -0.1) is 0 Å². The molecule has 0 saturated heterocycles. The molecule has 2 rings (SSSR count). The Morgan fingerprint density at radius 3 is 2.63 bits per heavy atom. The van der Waals surface area contributed by atoms with Crippen molar-refractivity contribution >= 4 is 6.29 Å². The van der Waals surface area contributed by atoms with Gasteiger partial charge in [0.25, 0.3) is 0 Å². The van der Waals surface area contributed by atoms with Crippen LogP contribution in [0.25, 0.3) is 11.3 Å². The van der Waals surface area contributed by atoms with Gasteiger partial charge >= 0.3 is 0 Å². The highest BCUT2D eigenvalue weighted by Crippen LogP contribution is 2.23. The third-order valence-corrected chi connectivity index (χ3v) is 3.22. The van der Waals surface area contributed by atoms with Crippen molar-refractivity contribution < 1.29 is 4.79 Å². The van der Waals surface area contributed by atoms with Gasteiger partial charge in [0.15, 0.2) is 6.29 Å². The molecule has 0 saturated carbocycles. The largest absolute Gasteiger partial charge is 0.298 e. The summed E-state index contributed by atoms with van der Waals surface area (Å²) in [4.78, 5) is 11.1. The minimum absolute atomic E-state index is 0.255. The molecule has 4 heteroatoms. The maximum absolute atomic E-state index is 11.1. The Morgan fingerprint density at radius 2 is 2.11 bits per heavy atom. The molecule has 0 radical (unpaired) electrons. The van der Waals surface area contributed by atoms with Gasteiger partial charge < -0.3 is 0 Å². The first-order valence-corrected chi connectivity index (χ1v) is 6.24. The molecule has 0 amide bonds. The number of benzene rings is 1. The van der Waals surface area contributed by atoms with Crippen LogP contribution in [0.5, 0.6) is 0 Å². The monoisotopic (exact) mass is 253 g/mol. The first-order valence-electron chi connectivity index (χ1n) is 6.24. The molecule has 0 fully saturated rings. The van der Waals surface area contributed by atoms with Crippen LogP contribution in [-0.4, -0.2) is 16.1 Å². The maximum Gasteiger partial charge on any atom is 0.153 e. The molecular formula is C15H15N3O. The van der Waals surface area contributed by atoms with Gasteiger partial charge in [0.1, 0.15) is 5.69 Å². The molecule has 0 N–H and O–H groups in total. The Morgan fingerprint density at radius 1 is 1.42 bits per heavy atom. The van der Waals surface area contributed by atoms with E-state index in [1.807, 2.05) is 16.8 Å². The van der Waals surface area contributed by atoms with E-state index in [-0.39, 0.29) is 6.04 Å².